The van der Waals surface area contributed by atoms with Crippen molar-refractivity contribution in [1.29, 1.82) is 0 Å². The van der Waals surface area contributed by atoms with Gasteiger partial charge in [-0.2, -0.15) is 5.10 Å². The number of hydrogen-bond donors (Lipinski definition) is 2. The van der Waals surface area contributed by atoms with Gasteiger partial charge in [0.2, 0.25) is 0 Å². The van der Waals surface area contributed by atoms with Crippen molar-refractivity contribution in [3.8, 4) is 0 Å². The molecule has 2 aromatic rings. The van der Waals surface area contributed by atoms with Crippen LogP contribution in [0.5, 0.6) is 0 Å². The first kappa shape index (κ1) is 17.6. The van der Waals surface area contributed by atoms with Crippen molar-refractivity contribution in [1.82, 2.24) is 29.6 Å². The van der Waals surface area contributed by atoms with Crippen LogP contribution in [0.25, 0.3) is 0 Å². The quantitative estimate of drug-likeness (QED) is 0.777. The lowest BCUT2D eigenvalue weighted by atomic mass is 10.2. The van der Waals surface area contributed by atoms with Gasteiger partial charge in [0.05, 0.1) is 19.3 Å². The summed E-state index contributed by atoms with van der Waals surface area (Å²) < 4.78 is 7.29. The molecule has 1 aliphatic rings. The van der Waals surface area contributed by atoms with Gasteiger partial charge >= 0.3 is 0 Å². The molecule has 3 rings (SSSR count). The summed E-state index contributed by atoms with van der Waals surface area (Å²) in [4.78, 5) is 22.9. The average Bonchev–Trinajstić information content (AvgIpc) is 3.05. The summed E-state index contributed by atoms with van der Waals surface area (Å²) >= 11 is 0. The SMILES string of the molecule is CC(C)c1n[nH]c(CN2CCOC(CNc3nccn(C)c3=O)C2)n1. The van der Waals surface area contributed by atoms with Gasteiger partial charge in [0.1, 0.15) is 5.82 Å². The number of anilines is 1. The molecule has 25 heavy (non-hydrogen) atoms. The van der Waals surface area contributed by atoms with Crippen LogP contribution in [0, 0.1) is 0 Å². The predicted molar refractivity (Wildman–Crippen MR) is 93.5 cm³/mol. The molecule has 9 nitrogen and oxygen atoms in total. The molecule has 3 heterocycles. The van der Waals surface area contributed by atoms with E-state index >= 15 is 0 Å². The fraction of sp³-hybridized carbons (Fsp3) is 0.625. The fourth-order valence-corrected chi connectivity index (χ4v) is 2.73. The molecule has 136 valence electrons. The van der Waals surface area contributed by atoms with Gasteiger partial charge in [-0.1, -0.05) is 13.8 Å². The maximum atomic E-state index is 12.0. The molecule has 0 saturated carbocycles. The molecule has 0 aliphatic carbocycles. The molecule has 2 aromatic heterocycles. The van der Waals surface area contributed by atoms with E-state index < -0.39 is 0 Å². The molecule has 9 heteroatoms. The summed E-state index contributed by atoms with van der Waals surface area (Å²) in [7, 11) is 1.71. The van der Waals surface area contributed by atoms with Crippen molar-refractivity contribution in [2.75, 3.05) is 31.6 Å². The van der Waals surface area contributed by atoms with Gasteiger partial charge in [0.25, 0.3) is 5.56 Å². The van der Waals surface area contributed by atoms with Crippen LogP contribution in [0.2, 0.25) is 0 Å². The van der Waals surface area contributed by atoms with E-state index in [1.54, 1.807) is 19.4 Å². The predicted octanol–water partition coefficient (Wildman–Crippen LogP) is 0.335. The van der Waals surface area contributed by atoms with Gasteiger partial charge in [-0.05, 0) is 0 Å². The first-order valence-electron chi connectivity index (χ1n) is 8.53. The number of rotatable bonds is 6. The van der Waals surface area contributed by atoms with Crippen molar-refractivity contribution in [3.63, 3.8) is 0 Å². The monoisotopic (exact) mass is 347 g/mol. The first-order valence-corrected chi connectivity index (χ1v) is 8.53. The lowest BCUT2D eigenvalue weighted by Gasteiger charge is -2.32. The number of aryl methyl sites for hydroxylation is 1. The molecule has 1 fully saturated rings. The second kappa shape index (κ2) is 7.75. The van der Waals surface area contributed by atoms with Gasteiger partial charge < -0.3 is 14.6 Å². The molecular weight excluding hydrogens is 322 g/mol. The van der Waals surface area contributed by atoms with Gasteiger partial charge in [-0.3, -0.25) is 14.8 Å². The van der Waals surface area contributed by atoms with Crippen LogP contribution in [-0.4, -0.2) is 62.0 Å². The zero-order chi connectivity index (χ0) is 17.8. The lowest BCUT2D eigenvalue weighted by molar-refractivity contribution is -0.0248. The summed E-state index contributed by atoms with van der Waals surface area (Å²) in [6, 6.07) is 0. The summed E-state index contributed by atoms with van der Waals surface area (Å²) in [5.74, 6) is 2.37. The van der Waals surface area contributed by atoms with Crippen molar-refractivity contribution in [2.24, 2.45) is 7.05 Å². The van der Waals surface area contributed by atoms with Crippen molar-refractivity contribution < 1.29 is 4.74 Å². The second-order valence-corrected chi connectivity index (χ2v) is 6.60. The van der Waals surface area contributed by atoms with Crippen LogP contribution in [0.4, 0.5) is 5.82 Å². The summed E-state index contributed by atoms with van der Waals surface area (Å²) in [5, 5.41) is 10.3. The minimum atomic E-state index is -0.141. The Balaban J connectivity index is 1.54. The van der Waals surface area contributed by atoms with E-state index in [2.05, 4.69) is 44.2 Å². The Morgan fingerprint density at radius 1 is 1.48 bits per heavy atom. The molecule has 0 radical (unpaired) electrons. The highest BCUT2D eigenvalue weighted by atomic mass is 16.5. The molecule has 1 atom stereocenters. The summed E-state index contributed by atoms with van der Waals surface area (Å²) in [5.41, 5.74) is -0.141. The zero-order valence-corrected chi connectivity index (χ0v) is 14.9. The molecule has 1 saturated heterocycles. The number of aromatic nitrogens is 5. The number of morpholine rings is 1. The Labute approximate surface area is 146 Å². The van der Waals surface area contributed by atoms with E-state index in [4.69, 9.17) is 4.74 Å². The van der Waals surface area contributed by atoms with Crippen molar-refractivity contribution >= 4 is 5.82 Å². The smallest absolute Gasteiger partial charge is 0.293 e. The molecule has 0 amide bonds. The third-order valence-corrected chi connectivity index (χ3v) is 4.18. The highest BCUT2D eigenvalue weighted by Gasteiger charge is 2.22. The lowest BCUT2D eigenvalue weighted by Crippen LogP contribution is -2.45. The Morgan fingerprint density at radius 2 is 2.32 bits per heavy atom. The van der Waals surface area contributed by atoms with Crippen LogP contribution in [0.1, 0.15) is 31.4 Å². The van der Waals surface area contributed by atoms with Gasteiger partial charge in [-0.25, -0.2) is 9.97 Å². The number of H-pyrrole nitrogens is 1. The molecule has 1 aliphatic heterocycles. The van der Waals surface area contributed by atoms with Crippen LogP contribution < -0.4 is 10.9 Å². The Hall–Kier alpha value is -2.26. The largest absolute Gasteiger partial charge is 0.374 e. The third kappa shape index (κ3) is 4.43. The molecular formula is C16H25N7O2. The van der Waals surface area contributed by atoms with E-state index in [0.29, 0.717) is 31.4 Å². The first-order chi connectivity index (χ1) is 12.0. The van der Waals surface area contributed by atoms with Crippen molar-refractivity contribution in [3.05, 3.63) is 34.4 Å². The topological polar surface area (TPSA) is 101 Å². The van der Waals surface area contributed by atoms with Gasteiger partial charge in [0.15, 0.2) is 11.6 Å². The Bertz CT molecular complexity index is 755. The van der Waals surface area contributed by atoms with E-state index in [9.17, 15) is 4.79 Å². The molecule has 0 bridgehead atoms. The number of hydrogen-bond acceptors (Lipinski definition) is 7. The summed E-state index contributed by atoms with van der Waals surface area (Å²) in [6.07, 6.45) is 3.23. The number of nitrogens with zero attached hydrogens (tertiary/aromatic N) is 5. The standard InChI is InChI=1S/C16H25N7O2/c1-11(2)14-19-13(20-21-14)10-23-6-7-25-12(9-23)8-18-15-16(24)22(3)5-4-17-15/h4-5,11-12H,6-10H2,1-3H3,(H,17,18)(H,19,20,21). The molecule has 1 unspecified atom stereocenters. The Morgan fingerprint density at radius 3 is 3.08 bits per heavy atom. The van der Waals surface area contributed by atoms with Crippen LogP contribution in [0.3, 0.4) is 0 Å². The molecule has 0 spiro atoms. The highest BCUT2D eigenvalue weighted by Crippen LogP contribution is 2.11. The van der Waals surface area contributed by atoms with E-state index in [1.807, 2.05) is 0 Å². The maximum Gasteiger partial charge on any atom is 0.293 e. The third-order valence-electron chi connectivity index (χ3n) is 4.18. The number of ether oxygens (including phenoxy) is 1. The fourth-order valence-electron chi connectivity index (χ4n) is 2.73. The van der Waals surface area contributed by atoms with Gasteiger partial charge in [-0.15, -0.1) is 0 Å². The van der Waals surface area contributed by atoms with Crippen LogP contribution in [-0.2, 0) is 18.3 Å². The zero-order valence-electron chi connectivity index (χ0n) is 14.9. The highest BCUT2D eigenvalue weighted by molar-refractivity contribution is 5.30. The molecule has 2 N–H and O–H groups in total. The minimum absolute atomic E-state index is 0.00653. The van der Waals surface area contributed by atoms with E-state index in [-0.39, 0.29) is 11.7 Å². The normalized spacial score (nSPS) is 18.6. The Kier molecular flexibility index (Phi) is 5.44. The second-order valence-electron chi connectivity index (χ2n) is 6.60. The van der Waals surface area contributed by atoms with Crippen LogP contribution in [0.15, 0.2) is 17.2 Å². The maximum absolute atomic E-state index is 12.0. The van der Waals surface area contributed by atoms with Crippen molar-refractivity contribution in [2.45, 2.75) is 32.4 Å². The van der Waals surface area contributed by atoms with E-state index in [1.165, 1.54) is 4.57 Å². The molecule has 0 aromatic carbocycles. The van der Waals surface area contributed by atoms with E-state index in [0.717, 1.165) is 24.7 Å². The minimum Gasteiger partial charge on any atom is -0.374 e. The van der Waals surface area contributed by atoms with Crippen LogP contribution >= 0.6 is 0 Å². The average molecular weight is 347 g/mol. The summed E-state index contributed by atoms with van der Waals surface area (Å²) in [6.45, 7) is 7.66. The number of nitrogens with one attached hydrogen (secondary N) is 2. The van der Waals surface area contributed by atoms with Gasteiger partial charge in [0, 0.05) is 45.0 Å². The number of aromatic amines is 1.